The third-order valence-corrected chi connectivity index (χ3v) is 3.61. The van der Waals surface area contributed by atoms with Gasteiger partial charge >= 0.3 is 5.97 Å². The van der Waals surface area contributed by atoms with Gasteiger partial charge in [0.15, 0.2) is 0 Å². The molecule has 2 rings (SSSR count). The number of carbonyl (C=O) groups is 2. The molecule has 6 heteroatoms. The largest absolute Gasteiger partial charge is 0.478 e. The number of carbonyl (C=O) groups excluding carboxylic acids is 1. The van der Waals surface area contributed by atoms with Crippen molar-refractivity contribution in [3.8, 4) is 6.07 Å². The second-order valence-corrected chi connectivity index (χ2v) is 5.55. The average molecular weight is 349 g/mol. The van der Waals surface area contributed by atoms with Gasteiger partial charge in [-0.15, -0.1) is 0 Å². The van der Waals surface area contributed by atoms with Crippen LogP contribution in [0.15, 0.2) is 66.4 Å². The Morgan fingerprint density at radius 1 is 1.12 bits per heavy atom. The fourth-order valence-corrected chi connectivity index (χ4v) is 2.29. The number of amides is 1. The number of nitrogens with zero attached hydrogens (tertiary/aromatic N) is 1. The van der Waals surface area contributed by atoms with Crippen LogP contribution in [0.3, 0.4) is 0 Å². The second-order valence-electron chi connectivity index (χ2n) is 5.55. The maximum atomic E-state index is 12.1. The smallest absolute Gasteiger partial charge is 0.335 e. The standard InChI is InChI=1S/C20H19N3O3/c21-13-17(14-22-11-5-8-15-6-2-1-3-7-15)19(24)23-18-10-4-9-16(12-18)20(25)26/h1-4,6-7,9-10,12,14,22H,5,8,11H2,(H,23,24)(H,25,26)/b17-14-. The summed E-state index contributed by atoms with van der Waals surface area (Å²) in [5.41, 5.74) is 1.53. The fraction of sp³-hybridized carbons (Fsp3) is 0.150. The number of hydrogen-bond donors (Lipinski definition) is 3. The zero-order valence-electron chi connectivity index (χ0n) is 14.1. The van der Waals surface area contributed by atoms with Gasteiger partial charge in [0.1, 0.15) is 11.6 Å². The number of carboxylic acids is 1. The van der Waals surface area contributed by atoms with E-state index < -0.39 is 11.9 Å². The summed E-state index contributed by atoms with van der Waals surface area (Å²) >= 11 is 0. The molecule has 0 saturated carbocycles. The lowest BCUT2D eigenvalue weighted by Crippen LogP contribution is -2.17. The first kappa shape index (κ1) is 18.7. The van der Waals surface area contributed by atoms with Crippen LogP contribution in [-0.4, -0.2) is 23.5 Å². The van der Waals surface area contributed by atoms with Gasteiger partial charge < -0.3 is 15.7 Å². The van der Waals surface area contributed by atoms with E-state index in [4.69, 9.17) is 10.4 Å². The predicted octanol–water partition coefficient (Wildman–Crippen LogP) is 2.95. The van der Waals surface area contributed by atoms with Gasteiger partial charge in [-0.1, -0.05) is 36.4 Å². The molecule has 0 heterocycles. The normalized spacial score (nSPS) is 10.7. The summed E-state index contributed by atoms with van der Waals surface area (Å²) in [5.74, 6) is -1.68. The summed E-state index contributed by atoms with van der Waals surface area (Å²) in [6.45, 7) is 0.627. The molecular weight excluding hydrogens is 330 g/mol. The minimum atomic E-state index is -1.09. The Labute approximate surface area is 151 Å². The molecule has 2 aromatic carbocycles. The topological polar surface area (TPSA) is 102 Å². The van der Waals surface area contributed by atoms with Gasteiger partial charge in [-0.05, 0) is 36.6 Å². The fourth-order valence-electron chi connectivity index (χ4n) is 2.29. The number of benzene rings is 2. The summed E-state index contributed by atoms with van der Waals surface area (Å²) in [4.78, 5) is 23.1. The minimum Gasteiger partial charge on any atom is -0.478 e. The van der Waals surface area contributed by atoms with E-state index in [0.717, 1.165) is 12.8 Å². The molecular formula is C20H19N3O3. The quantitative estimate of drug-likeness (QED) is 0.386. The third-order valence-electron chi connectivity index (χ3n) is 3.61. The Kier molecular flexibility index (Phi) is 6.95. The lowest BCUT2D eigenvalue weighted by molar-refractivity contribution is -0.112. The lowest BCUT2D eigenvalue weighted by Gasteiger charge is -2.06. The summed E-state index contributed by atoms with van der Waals surface area (Å²) in [6.07, 6.45) is 3.14. The number of rotatable bonds is 8. The van der Waals surface area contributed by atoms with E-state index in [1.165, 1.54) is 30.0 Å². The van der Waals surface area contributed by atoms with Crippen molar-refractivity contribution < 1.29 is 14.7 Å². The Morgan fingerprint density at radius 2 is 1.88 bits per heavy atom. The molecule has 0 atom stereocenters. The Hall–Kier alpha value is -3.59. The van der Waals surface area contributed by atoms with Gasteiger partial charge in [-0.25, -0.2) is 4.79 Å². The van der Waals surface area contributed by atoms with Crippen LogP contribution in [-0.2, 0) is 11.2 Å². The summed E-state index contributed by atoms with van der Waals surface area (Å²) in [5, 5.41) is 23.6. The van der Waals surface area contributed by atoms with Crippen molar-refractivity contribution in [1.29, 1.82) is 5.26 Å². The maximum Gasteiger partial charge on any atom is 0.335 e. The predicted molar refractivity (Wildman–Crippen MR) is 98.5 cm³/mol. The number of nitrogens with one attached hydrogen (secondary N) is 2. The highest BCUT2D eigenvalue weighted by Crippen LogP contribution is 2.11. The average Bonchev–Trinajstić information content (AvgIpc) is 2.65. The summed E-state index contributed by atoms with van der Waals surface area (Å²) in [6, 6.07) is 17.7. The van der Waals surface area contributed by atoms with Crippen LogP contribution in [0.25, 0.3) is 0 Å². The molecule has 0 unspecified atom stereocenters. The van der Waals surface area contributed by atoms with E-state index in [1.807, 2.05) is 24.3 Å². The monoisotopic (exact) mass is 349 g/mol. The van der Waals surface area contributed by atoms with Gasteiger partial charge in [0.2, 0.25) is 0 Å². The molecule has 0 spiro atoms. The molecule has 0 aromatic heterocycles. The molecule has 6 nitrogen and oxygen atoms in total. The first-order chi connectivity index (χ1) is 12.6. The highest BCUT2D eigenvalue weighted by Gasteiger charge is 2.10. The molecule has 0 aliphatic heterocycles. The first-order valence-corrected chi connectivity index (χ1v) is 8.12. The van der Waals surface area contributed by atoms with Crippen LogP contribution in [0.5, 0.6) is 0 Å². The van der Waals surface area contributed by atoms with Crippen molar-refractivity contribution in [1.82, 2.24) is 5.32 Å². The van der Waals surface area contributed by atoms with Crippen LogP contribution in [0.2, 0.25) is 0 Å². The van der Waals surface area contributed by atoms with Crippen LogP contribution < -0.4 is 10.6 Å². The molecule has 26 heavy (non-hydrogen) atoms. The van der Waals surface area contributed by atoms with Crippen LogP contribution in [0, 0.1) is 11.3 Å². The Morgan fingerprint density at radius 3 is 2.58 bits per heavy atom. The van der Waals surface area contributed by atoms with Crippen molar-refractivity contribution in [2.75, 3.05) is 11.9 Å². The summed E-state index contributed by atoms with van der Waals surface area (Å²) < 4.78 is 0. The van der Waals surface area contributed by atoms with Crippen molar-refractivity contribution >= 4 is 17.6 Å². The lowest BCUT2D eigenvalue weighted by atomic mass is 10.1. The SMILES string of the molecule is N#C/C(=C/NCCCc1ccccc1)C(=O)Nc1cccc(C(=O)O)c1. The molecule has 0 bridgehead atoms. The molecule has 3 N–H and O–H groups in total. The van der Waals surface area contributed by atoms with Gasteiger partial charge in [-0.2, -0.15) is 5.26 Å². The Bertz CT molecular complexity index is 839. The van der Waals surface area contributed by atoms with Crippen LogP contribution in [0.1, 0.15) is 22.3 Å². The van der Waals surface area contributed by atoms with Crippen molar-refractivity contribution in [2.24, 2.45) is 0 Å². The van der Waals surface area contributed by atoms with Crippen LogP contribution >= 0.6 is 0 Å². The number of carboxylic acid groups (broad SMARTS) is 1. The number of nitriles is 1. The van der Waals surface area contributed by atoms with Gasteiger partial charge in [0.05, 0.1) is 5.56 Å². The molecule has 0 aliphatic carbocycles. The van der Waals surface area contributed by atoms with E-state index in [9.17, 15) is 9.59 Å². The molecule has 132 valence electrons. The second kappa shape index (κ2) is 9.64. The zero-order chi connectivity index (χ0) is 18.8. The minimum absolute atomic E-state index is 0.0596. The molecule has 2 aromatic rings. The Balaban J connectivity index is 1.85. The van der Waals surface area contributed by atoms with E-state index in [-0.39, 0.29) is 11.1 Å². The van der Waals surface area contributed by atoms with Crippen molar-refractivity contribution in [3.63, 3.8) is 0 Å². The van der Waals surface area contributed by atoms with Gasteiger partial charge in [-0.3, -0.25) is 4.79 Å². The van der Waals surface area contributed by atoms with E-state index >= 15 is 0 Å². The van der Waals surface area contributed by atoms with Crippen molar-refractivity contribution in [3.05, 3.63) is 77.5 Å². The number of hydrogen-bond acceptors (Lipinski definition) is 4. The highest BCUT2D eigenvalue weighted by molar-refractivity contribution is 6.06. The number of aromatic carboxylic acids is 1. The van der Waals surface area contributed by atoms with Gasteiger partial charge in [0, 0.05) is 18.4 Å². The first-order valence-electron chi connectivity index (χ1n) is 8.12. The molecule has 0 fully saturated rings. The molecule has 1 amide bonds. The van der Waals surface area contributed by atoms with Crippen LogP contribution in [0.4, 0.5) is 5.69 Å². The summed E-state index contributed by atoms with van der Waals surface area (Å²) in [7, 11) is 0. The third kappa shape index (κ3) is 5.80. The van der Waals surface area contributed by atoms with E-state index in [0.29, 0.717) is 12.2 Å². The maximum absolute atomic E-state index is 12.1. The highest BCUT2D eigenvalue weighted by atomic mass is 16.4. The zero-order valence-corrected chi connectivity index (χ0v) is 14.1. The van der Waals surface area contributed by atoms with Crippen molar-refractivity contribution in [2.45, 2.75) is 12.8 Å². The molecule has 0 aliphatic rings. The molecule has 0 saturated heterocycles. The number of aryl methyl sites for hydroxylation is 1. The number of anilines is 1. The van der Waals surface area contributed by atoms with Gasteiger partial charge in [0.25, 0.3) is 5.91 Å². The van der Waals surface area contributed by atoms with E-state index in [1.54, 1.807) is 6.07 Å². The van der Waals surface area contributed by atoms with E-state index in [2.05, 4.69) is 22.8 Å². The molecule has 0 radical (unpaired) electrons.